The molecule has 20 heavy (non-hydrogen) atoms. The summed E-state index contributed by atoms with van der Waals surface area (Å²) < 4.78 is 0. The number of hydrogen-bond acceptors (Lipinski definition) is 3. The SMILES string of the molecule is Cc1ccc(CNC(=O)CN2CCC(CCO)C2)cc1. The smallest absolute Gasteiger partial charge is 0.234 e. The number of hydrogen-bond donors (Lipinski definition) is 2. The second kappa shape index (κ2) is 7.41. The average molecular weight is 276 g/mol. The standard InChI is InChI=1S/C16H24N2O2/c1-13-2-4-14(5-3-13)10-17-16(20)12-18-8-6-15(11-18)7-9-19/h2-5,15,19H,6-12H2,1H3,(H,17,20). The van der Waals surface area contributed by atoms with Gasteiger partial charge in [-0.3, -0.25) is 9.69 Å². The Hall–Kier alpha value is -1.39. The van der Waals surface area contributed by atoms with Crippen molar-refractivity contribution in [3.63, 3.8) is 0 Å². The number of aliphatic hydroxyl groups is 1. The van der Waals surface area contributed by atoms with Crippen molar-refractivity contribution in [1.29, 1.82) is 0 Å². The van der Waals surface area contributed by atoms with Gasteiger partial charge in [0.25, 0.3) is 0 Å². The van der Waals surface area contributed by atoms with Crippen LogP contribution in [0.25, 0.3) is 0 Å². The van der Waals surface area contributed by atoms with E-state index in [2.05, 4.69) is 29.3 Å². The average Bonchev–Trinajstić information content (AvgIpc) is 2.86. The van der Waals surface area contributed by atoms with Gasteiger partial charge in [-0.1, -0.05) is 29.8 Å². The predicted molar refractivity (Wildman–Crippen MR) is 79.3 cm³/mol. The number of nitrogens with zero attached hydrogens (tertiary/aromatic N) is 1. The minimum Gasteiger partial charge on any atom is -0.396 e. The molecule has 4 heteroatoms. The normalized spacial score (nSPS) is 19.2. The van der Waals surface area contributed by atoms with Gasteiger partial charge in [0.2, 0.25) is 5.91 Å². The third-order valence-electron chi connectivity index (χ3n) is 3.88. The Balaban J connectivity index is 1.69. The maximum atomic E-state index is 11.9. The molecule has 0 aliphatic carbocycles. The van der Waals surface area contributed by atoms with Crippen LogP contribution in [0.2, 0.25) is 0 Å². The maximum Gasteiger partial charge on any atom is 0.234 e. The van der Waals surface area contributed by atoms with Crippen molar-refractivity contribution >= 4 is 5.91 Å². The molecular weight excluding hydrogens is 252 g/mol. The summed E-state index contributed by atoms with van der Waals surface area (Å²) in [6.07, 6.45) is 1.94. The number of aryl methyl sites for hydroxylation is 1. The molecule has 1 fully saturated rings. The van der Waals surface area contributed by atoms with E-state index in [0.717, 1.165) is 31.5 Å². The molecule has 1 aromatic carbocycles. The first-order valence-electron chi connectivity index (χ1n) is 7.33. The fraction of sp³-hybridized carbons (Fsp3) is 0.562. The van der Waals surface area contributed by atoms with E-state index in [-0.39, 0.29) is 12.5 Å². The lowest BCUT2D eigenvalue weighted by atomic mass is 10.1. The maximum absolute atomic E-state index is 11.9. The summed E-state index contributed by atoms with van der Waals surface area (Å²) in [7, 11) is 0. The number of likely N-dealkylation sites (tertiary alicyclic amines) is 1. The van der Waals surface area contributed by atoms with Gasteiger partial charge in [-0.15, -0.1) is 0 Å². The lowest BCUT2D eigenvalue weighted by molar-refractivity contribution is -0.122. The Bertz CT molecular complexity index is 431. The highest BCUT2D eigenvalue weighted by atomic mass is 16.3. The molecule has 110 valence electrons. The van der Waals surface area contributed by atoms with Gasteiger partial charge in [-0.05, 0) is 37.8 Å². The molecule has 2 rings (SSSR count). The first-order chi connectivity index (χ1) is 9.67. The molecule has 1 aliphatic heterocycles. The van der Waals surface area contributed by atoms with Crippen LogP contribution in [-0.4, -0.2) is 42.2 Å². The fourth-order valence-electron chi connectivity index (χ4n) is 2.64. The minimum atomic E-state index is 0.0789. The zero-order chi connectivity index (χ0) is 14.4. The van der Waals surface area contributed by atoms with Crippen LogP contribution < -0.4 is 5.32 Å². The summed E-state index contributed by atoms with van der Waals surface area (Å²) in [6, 6.07) is 8.20. The van der Waals surface area contributed by atoms with Crippen molar-refractivity contribution in [2.75, 3.05) is 26.2 Å². The number of amides is 1. The van der Waals surface area contributed by atoms with E-state index in [9.17, 15) is 4.79 Å². The van der Waals surface area contributed by atoms with Crippen LogP contribution in [0.4, 0.5) is 0 Å². The number of nitrogens with one attached hydrogen (secondary N) is 1. The Labute approximate surface area is 120 Å². The van der Waals surface area contributed by atoms with Crippen LogP contribution in [0, 0.1) is 12.8 Å². The topological polar surface area (TPSA) is 52.6 Å². The minimum absolute atomic E-state index is 0.0789. The van der Waals surface area contributed by atoms with Crippen molar-refractivity contribution in [1.82, 2.24) is 10.2 Å². The molecule has 1 aromatic rings. The van der Waals surface area contributed by atoms with E-state index in [1.165, 1.54) is 5.56 Å². The van der Waals surface area contributed by atoms with E-state index in [0.29, 0.717) is 19.0 Å². The Kier molecular flexibility index (Phi) is 5.56. The van der Waals surface area contributed by atoms with E-state index in [1.54, 1.807) is 0 Å². The number of aliphatic hydroxyl groups excluding tert-OH is 1. The van der Waals surface area contributed by atoms with Gasteiger partial charge in [-0.25, -0.2) is 0 Å². The van der Waals surface area contributed by atoms with Crippen molar-refractivity contribution < 1.29 is 9.90 Å². The third-order valence-corrected chi connectivity index (χ3v) is 3.88. The summed E-state index contributed by atoms with van der Waals surface area (Å²) in [5.41, 5.74) is 2.36. The lowest BCUT2D eigenvalue weighted by Crippen LogP contribution is -2.35. The number of carbonyl (C=O) groups excluding carboxylic acids is 1. The zero-order valence-corrected chi connectivity index (χ0v) is 12.1. The highest BCUT2D eigenvalue weighted by Crippen LogP contribution is 2.18. The summed E-state index contributed by atoms with van der Waals surface area (Å²) in [6.45, 7) is 5.25. The summed E-state index contributed by atoms with van der Waals surface area (Å²) in [5.74, 6) is 0.625. The molecule has 0 spiro atoms. The van der Waals surface area contributed by atoms with Crippen molar-refractivity contribution in [3.8, 4) is 0 Å². The first kappa shape index (κ1) is 15.0. The Morgan fingerprint density at radius 3 is 2.85 bits per heavy atom. The van der Waals surface area contributed by atoms with Crippen molar-refractivity contribution in [3.05, 3.63) is 35.4 Å². The van der Waals surface area contributed by atoms with Crippen molar-refractivity contribution in [2.45, 2.75) is 26.3 Å². The van der Waals surface area contributed by atoms with Crippen LogP contribution in [-0.2, 0) is 11.3 Å². The largest absolute Gasteiger partial charge is 0.396 e. The van der Waals surface area contributed by atoms with E-state index in [4.69, 9.17) is 5.11 Å². The molecule has 1 atom stereocenters. The number of rotatable bonds is 6. The van der Waals surface area contributed by atoms with E-state index < -0.39 is 0 Å². The molecule has 0 saturated carbocycles. The van der Waals surface area contributed by atoms with Gasteiger partial charge in [0, 0.05) is 19.7 Å². The van der Waals surface area contributed by atoms with Gasteiger partial charge >= 0.3 is 0 Å². The van der Waals surface area contributed by atoms with Gasteiger partial charge in [0.15, 0.2) is 0 Å². The Morgan fingerprint density at radius 1 is 1.40 bits per heavy atom. The van der Waals surface area contributed by atoms with Crippen LogP contribution >= 0.6 is 0 Å². The molecule has 2 N–H and O–H groups in total. The summed E-state index contributed by atoms with van der Waals surface area (Å²) in [4.78, 5) is 14.1. The molecule has 1 amide bonds. The molecule has 0 aromatic heterocycles. The van der Waals surface area contributed by atoms with Crippen LogP contribution in [0.15, 0.2) is 24.3 Å². The molecule has 1 saturated heterocycles. The highest BCUT2D eigenvalue weighted by molar-refractivity contribution is 5.78. The lowest BCUT2D eigenvalue weighted by Gasteiger charge is -2.15. The molecule has 0 bridgehead atoms. The molecule has 1 aliphatic rings. The number of carbonyl (C=O) groups is 1. The summed E-state index contributed by atoms with van der Waals surface area (Å²) in [5, 5.41) is 11.9. The highest BCUT2D eigenvalue weighted by Gasteiger charge is 2.23. The van der Waals surface area contributed by atoms with Crippen LogP contribution in [0.5, 0.6) is 0 Å². The second-order valence-corrected chi connectivity index (χ2v) is 5.66. The van der Waals surface area contributed by atoms with Gasteiger partial charge < -0.3 is 10.4 Å². The quantitative estimate of drug-likeness (QED) is 0.824. The molecule has 1 unspecified atom stereocenters. The summed E-state index contributed by atoms with van der Waals surface area (Å²) >= 11 is 0. The van der Waals surface area contributed by atoms with Gasteiger partial charge in [0.1, 0.15) is 0 Å². The second-order valence-electron chi connectivity index (χ2n) is 5.66. The molecular formula is C16H24N2O2. The predicted octanol–water partition coefficient (Wildman–Crippen LogP) is 1.32. The Morgan fingerprint density at radius 2 is 2.15 bits per heavy atom. The van der Waals surface area contributed by atoms with Gasteiger partial charge in [0.05, 0.1) is 6.54 Å². The molecule has 1 heterocycles. The fourth-order valence-corrected chi connectivity index (χ4v) is 2.64. The first-order valence-corrected chi connectivity index (χ1v) is 7.33. The van der Waals surface area contributed by atoms with E-state index in [1.807, 2.05) is 12.1 Å². The third kappa shape index (κ3) is 4.62. The van der Waals surface area contributed by atoms with Crippen LogP contribution in [0.3, 0.4) is 0 Å². The zero-order valence-electron chi connectivity index (χ0n) is 12.1. The number of benzene rings is 1. The van der Waals surface area contributed by atoms with Crippen molar-refractivity contribution in [2.24, 2.45) is 5.92 Å². The van der Waals surface area contributed by atoms with E-state index >= 15 is 0 Å². The van der Waals surface area contributed by atoms with Crippen LogP contribution in [0.1, 0.15) is 24.0 Å². The molecule has 0 radical (unpaired) electrons. The monoisotopic (exact) mass is 276 g/mol. The molecule has 4 nitrogen and oxygen atoms in total. The van der Waals surface area contributed by atoms with Gasteiger partial charge in [-0.2, -0.15) is 0 Å².